The maximum Gasteiger partial charge on any atom is 0.121 e. The molecule has 0 radical (unpaired) electrons. The Morgan fingerprint density at radius 1 is 1.37 bits per heavy atom. The van der Waals surface area contributed by atoms with Crippen LogP contribution in [0.1, 0.15) is 20.8 Å². The van der Waals surface area contributed by atoms with Gasteiger partial charge in [0.15, 0.2) is 0 Å². The molecule has 4 heteroatoms. The van der Waals surface area contributed by atoms with Crippen LogP contribution in [0.3, 0.4) is 0 Å². The summed E-state index contributed by atoms with van der Waals surface area (Å²) < 4.78 is 5.29. The first-order chi connectivity index (χ1) is 8.91. The summed E-state index contributed by atoms with van der Waals surface area (Å²) in [6.45, 7) is 9.72. The van der Waals surface area contributed by atoms with Gasteiger partial charge in [-0.05, 0) is 17.5 Å². The fourth-order valence-corrected chi connectivity index (χ4v) is 2.65. The van der Waals surface area contributed by atoms with Crippen LogP contribution < -0.4 is 15.0 Å². The van der Waals surface area contributed by atoms with Crippen molar-refractivity contribution in [1.29, 1.82) is 0 Å². The smallest absolute Gasteiger partial charge is 0.121 e. The second-order valence-electron chi connectivity index (χ2n) is 6.14. The lowest BCUT2D eigenvalue weighted by molar-refractivity contribution is 0.254. The Kier molecular flexibility index (Phi) is 4.26. The van der Waals surface area contributed by atoms with E-state index in [4.69, 9.17) is 16.3 Å². The lowest BCUT2D eigenvalue weighted by atomic mass is 9.85. The van der Waals surface area contributed by atoms with E-state index in [0.717, 1.165) is 36.1 Å². The molecule has 19 heavy (non-hydrogen) atoms. The maximum absolute atomic E-state index is 6.33. The van der Waals surface area contributed by atoms with Crippen molar-refractivity contribution in [3.8, 4) is 5.75 Å². The van der Waals surface area contributed by atoms with Crippen LogP contribution in [0.15, 0.2) is 18.2 Å². The summed E-state index contributed by atoms with van der Waals surface area (Å²) in [4.78, 5) is 2.34. The van der Waals surface area contributed by atoms with Crippen molar-refractivity contribution in [2.75, 3.05) is 31.6 Å². The zero-order chi connectivity index (χ0) is 14.0. The van der Waals surface area contributed by atoms with E-state index in [1.165, 1.54) is 0 Å². The highest BCUT2D eigenvalue weighted by Gasteiger charge is 2.30. The van der Waals surface area contributed by atoms with E-state index in [9.17, 15) is 0 Å². The molecule has 1 heterocycles. The number of hydrogen-bond acceptors (Lipinski definition) is 3. The predicted molar refractivity (Wildman–Crippen MR) is 81.5 cm³/mol. The molecule has 3 nitrogen and oxygen atoms in total. The molecule has 1 unspecified atom stereocenters. The van der Waals surface area contributed by atoms with Crippen LogP contribution >= 0.6 is 11.6 Å². The van der Waals surface area contributed by atoms with Crippen molar-refractivity contribution < 1.29 is 4.74 Å². The number of rotatable bonds is 2. The van der Waals surface area contributed by atoms with Crippen molar-refractivity contribution >= 4 is 17.3 Å². The molecule has 1 aromatic rings. The molecule has 0 saturated carbocycles. The second-order valence-corrected chi connectivity index (χ2v) is 6.54. The SMILES string of the molecule is COc1ccc(Cl)c(N2CCNC(C(C)(C)C)C2)c1. The van der Waals surface area contributed by atoms with E-state index in [1.807, 2.05) is 18.2 Å². The van der Waals surface area contributed by atoms with E-state index in [0.29, 0.717) is 6.04 Å². The number of methoxy groups -OCH3 is 1. The van der Waals surface area contributed by atoms with Gasteiger partial charge in [0.1, 0.15) is 5.75 Å². The first-order valence-corrected chi connectivity index (χ1v) is 7.11. The largest absolute Gasteiger partial charge is 0.497 e. The van der Waals surface area contributed by atoms with E-state index >= 15 is 0 Å². The highest BCUT2D eigenvalue weighted by Crippen LogP contribution is 2.32. The number of nitrogens with zero attached hydrogens (tertiary/aromatic N) is 1. The van der Waals surface area contributed by atoms with E-state index < -0.39 is 0 Å². The van der Waals surface area contributed by atoms with Gasteiger partial charge in [0, 0.05) is 31.7 Å². The van der Waals surface area contributed by atoms with Crippen LogP contribution in [-0.2, 0) is 0 Å². The lowest BCUT2D eigenvalue weighted by Gasteiger charge is -2.41. The quantitative estimate of drug-likeness (QED) is 0.902. The minimum absolute atomic E-state index is 0.240. The van der Waals surface area contributed by atoms with Crippen LogP contribution in [0.25, 0.3) is 0 Å². The molecule has 2 rings (SSSR count). The lowest BCUT2D eigenvalue weighted by Crippen LogP contribution is -2.56. The molecule has 0 aliphatic carbocycles. The molecule has 1 fully saturated rings. The number of hydrogen-bond donors (Lipinski definition) is 1. The summed E-state index contributed by atoms with van der Waals surface area (Å²) in [6, 6.07) is 6.29. The van der Waals surface area contributed by atoms with Gasteiger partial charge in [-0.15, -0.1) is 0 Å². The Morgan fingerprint density at radius 2 is 2.11 bits per heavy atom. The summed E-state index contributed by atoms with van der Waals surface area (Å²) >= 11 is 6.33. The van der Waals surface area contributed by atoms with Gasteiger partial charge in [-0.25, -0.2) is 0 Å². The Bertz CT molecular complexity index is 442. The van der Waals surface area contributed by atoms with Crippen molar-refractivity contribution in [3.05, 3.63) is 23.2 Å². The van der Waals surface area contributed by atoms with Gasteiger partial charge < -0.3 is 15.0 Å². The minimum Gasteiger partial charge on any atom is -0.497 e. The van der Waals surface area contributed by atoms with Crippen molar-refractivity contribution in [2.24, 2.45) is 5.41 Å². The van der Waals surface area contributed by atoms with Crippen LogP contribution in [0, 0.1) is 5.41 Å². The summed E-state index contributed by atoms with van der Waals surface area (Å²) in [6.07, 6.45) is 0. The van der Waals surface area contributed by atoms with Crippen molar-refractivity contribution in [2.45, 2.75) is 26.8 Å². The molecule has 1 N–H and O–H groups in total. The third kappa shape index (κ3) is 3.34. The highest BCUT2D eigenvalue weighted by atomic mass is 35.5. The molecule has 1 aromatic carbocycles. The van der Waals surface area contributed by atoms with Crippen molar-refractivity contribution in [3.63, 3.8) is 0 Å². The van der Waals surface area contributed by atoms with Crippen LogP contribution in [-0.4, -0.2) is 32.8 Å². The Labute approximate surface area is 120 Å². The molecule has 1 atom stereocenters. The van der Waals surface area contributed by atoms with Crippen LogP contribution in [0.4, 0.5) is 5.69 Å². The van der Waals surface area contributed by atoms with Gasteiger partial charge in [0.05, 0.1) is 17.8 Å². The zero-order valence-electron chi connectivity index (χ0n) is 12.2. The average Bonchev–Trinajstić information content (AvgIpc) is 2.38. The van der Waals surface area contributed by atoms with E-state index in [1.54, 1.807) is 7.11 Å². The number of nitrogens with one attached hydrogen (secondary N) is 1. The van der Waals surface area contributed by atoms with Gasteiger partial charge in [-0.3, -0.25) is 0 Å². The summed E-state index contributed by atoms with van der Waals surface area (Å²) in [5, 5.41) is 4.38. The Balaban J connectivity index is 2.21. The van der Waals surface area contributed by atoms with Gasteiger partial charge in [0.2, 0.25) is 0 Å². The number of piperazine rings is 1. The number of halogens is 1. The molecular formula is C15H23ClN2O. The molecule has 0 bridgehead atoms. The predicted octanol–water partition coefficient (Wildman–Crippen LogP) is 3.17. The molecule has 106 valence electrons. The molecular weight excluding hydrogens is 260 g/mol. The summed E-state index contributed by atoms with van der Waals surface area (Å²) in [5.41, 5.74) is 1.31. The Morgan fingerprint density at radius 3 is 2.74 bits per heavy atom. The number of anilines is 1. The first kappa shape index (κ1) is 14.5. The topological polar surface area (TPSA) is 24.5 Å². The third-order valence-electron chi connectivity index (χ3n) is 3.71. The van der Waals surface area contributed by atoms with E-state index in [-0.39, 0.29) is 5.41 Å². The van der Waals surface area contributed by atoms with E-state index in [2.05, 4.69) is 31.0 Å². The minimum atomic E-state index is 0.240. The maximum atomic E-state index is 6.33. The molecule has 1 aliphatic heterocycles. The van der Waals surface area contributed by atoms with Crippen LogP contribution in [0.2, 0.25) is 5.02 Å². The fourth-order valence-electron chi connectivity index (χ4n) is 2.41. The average molecular weight is 283 g/mol. The summed E-state index contributed by atoms with van der Waals surface area (Å²) in [5.74, 6) is 0.852. The molecule has 1 saturated heterocycles. The van der Waals surface area contributed by atoms with Gasteiger partial charge in [-0.1, -0.05) is 32.4 Å². The van der Waals surface area contributed by atoms with Crippen molar-refractivity contribution in [1.82, 2.24) is 5.32 Å². The fraction of sp³-hybridized carbons (Fsp3) is 0.600. The molecule has 0 spiro atoms. The number of benzene rings is 1. The molecule has 0 aromatic heterocycles. The normalized spacial score (nSPS) is 20.5. The molecule has 1 aliphatic rings. The Hall–Kier alpha value is -0.930. The highest BCUT2D eigenvalue weighted by molar-refractivity contribution is 6.33. The molecule has 0 amide bonds. The third-order valence-corrected chi connectivity index (χ3v) is 4.03. The second kappa shape index (κ2) is 5.59. The van der Waals surface area contributed by atoms with Gasteiger partial charge in [0.25, 0.3) is 0 Å². The monoisotopic (exact) mass is 282 g/mol. The van der Waals surface area contributed by atoms with Crippen LogP contribution in [0.5, 0.6) is 5.75 Å². The van der Waals surface area contributed by atoms with Gasteiger partial charge in [-0.2, -0.15) is 0 Å². The number of ether oxygens (including phenoxy) is 1. The van der Waals surface area contributed by atoms with Gasteiger partial charge >= 0.3 is 0 Å². The summed E-state index contributed by atoms with van der Waals surface area (Å²) in [7, 11) is 1.68. The zero-order valence-corrected chi connectivity index (χ0v) is 12.9. The standard InChI is InChI=1S/C15H23ClN2O/c1-15(2,3)14-10-18(8-7-17-14)13-9-11(19-4)5-6-12(13)16/h5-6,9,14,17H,7-8,10H2,1-4H3. The first-order valence-electron chi connectivity index (χ1n) is 6.73.